The van der Waals surface area contributed by atoms with Crippen LogP contribution >= 0.6 is 11.8 Å². The minimum atomic E-state index is -4.46. The number of rotatable bonds is 5. The molecule has 2 aromatic carbocycles. The molecule has 26 heavy (non-hydrogen) atoms. The summed E-state index contributed by atoms with van der Waals surface area (Å²) < 4.78 is 38.2. The lowest BCUT2D eigenvalue weighted by atomic mass is 10.2. The SMILES string of the molecule is CC(=O)Nc1ccc(S[C@H](C)C(=O)Nc2cccc(C(F)(F)F)c2)cc1. The first-order valence-corrected chi connectivity index (χ1v) is 8.55. The van der Waals surface area contributed by atoms with Crippen LogP contribution in [0.5, 0.6) is 0 Å². The number of carbonyl (C=O) groups excluding carboxylic acids is 2. The first-order chi connectivity index (χ1) is 12.1. The molecule has 2 aromatic rings. The lowest BCUT2D eigenvalue weighted by Crippen LogP contribution is -2.22. The molecule has 0 aliphatic carbocycles. The Bertz CT molecular complexity index is 792. The summed E-state index contributed by atoms with van der Waals surface area (Å²) in [7, 11) is 0. The van der Waals surface area contributed by atoms with Gasteiger partial charge in [0.25, 0.3) is 0 Å². The lowest BCUT2D eigenvalue weighted by molar-refractivity contribution is -0.137. The first-order valence-electron chi connectivity index (χ1n) is 7.67. The zero-order valence-electron chi connectivity index (χ0n) is 14.1. The van der Waals surface area contributed by atoms with E-state index in [1.165, 1.54) is 30.8 Å². The molecule has 0 aliphatic heterocycles. The fourth-order valence-electron chi connectivity index (χ4n) is 2.09. The predicted molar refractivity (Wildman–Crippen MR) is 96.1 cm³/mol. The molecule has 4 nitrogen and oxygen atoms in total. The molecule has 1 atom stereocenters. The Morgan fingerprint density at radius 1 is 1.00 bits per heavy atom. The van der Waals surface area contributed by atoms with Crippen LogP contribution in [0.15, 0.2) is 53.4 Å². The van der Waals surface area contributed by atoms with Crippen LogP contribution in [0.4, 0.5) is 24.5 Å². The summed E-state index contributed by atoms with van der Waals surface area (Å²) in [6.07, 6.45) is -4.46. The average Bonchev–Trinajstić information content (AvgIpc) is 2.55. The molecule has 0 saturated carbocycles. The van der Waals surface area contributed by atoms with E-state index in [-0.39, 0.29) is 11.6 Å². The summed E-state index contributed by atoms with van der Waals surface area (Å²) >= 11 is 1.26. The molecule has 0 saturated heterocycles. The minimum Gasteiger partial charge on any atom is -0.326 e. The van der Waals surface area contributed by atoms with Crippen LogP contribution < -0.4 is 10.6 Å². The molecule has 0 unspecified atom stereocenters. The van der Waals surface area contributed by atoms with Gasteiger partial charge in [-0.05, 0) is 49.4 Å². The maximum absolute atomic E-state index is 12.7. The lowest BCUT2D eigenvalue weighted by Gasteiger charge is -2.14. The molecule has 8 heteroatoms. The van der Waals surface area contributed by atoms with E-state index in [0.717, 1.165) is 17.0 Å². The molecule has 138 valence electrons. The highest BCUT2D eigenvalue weighted by molar-refractivity contribution is 8.00. The maximum Gasteiger partial charge on any atom is 0.416 e. The molecule has 0 radical (unpaired) electrons. The van der Waals surface area contributed by atoms with E-state index in [2.05, 4.69) is 10.6 Å². The van der Waals surface area contributed by atoms with Crippen molar-refractivity contribution < 1.29 is 22.8 Å². The second-order valence-electron chi connectivity index (χ2n) is 5.53. The van der Waals surface area contributed by atoms with Crippen molar-refractivity contribution >= 4 is 35.0 Å². The summed E-state index contributed by atoms with van der Waals surface area (Å²) in [6, 6.07) is 11.4. The molecule has 2 amide bonds. The van der Waals surface area contributed by atoms with Crippen molar-refractivity contribution in [1.29, 1.82) is 0 Å². The molecule has 0 heterocycles. The van der Waals surface area contributed by atoms with Gasteiger partial charge in [-0.3, -0.25) is 9.59 Å². The molecular weight excluding hydrogens is 365 g/mol. The highest BCUT2D eigenvalue weighted by atomic mass is 32.2. The largest absolute Gasteiger partial charge is 0.416 e. The van der Waals surface area contributed by atoms with Crippen LogP contribution in [0.3, 0.4) is 0 Å². The topological polar surface area (TPSA) is 58.2 Å². The fraction of sp³-hybridized carbons (Fsp3) is 0.222. The molecular formula is C18H17F3N2O2S. The molecule has 2 N–H and O–H groups in total. The number of carbonyl (C=O) groups is 2. The minimum absolute atomic E-state index is 0.0956. The quantitative estimate of drug-likeness (QED) is 0.732. The van der Waals surface area contributed by atoms with Crippen LogP contribution in [0.2, 0.25) is 0 Å². The molecule has 0 aliphatic rings. The van der Waals surface area contributed by atoms with E-state index < -0.39 is 22.9 Å². The van der Waals surface area contributed by atoms with Gasteiger partial charge in [0.2, 0.25) is 11.8 Å². The summed E-state index contributed by atoms with van der Waals surface area (Å²) in [4.78, 5) is 24.0. The summed E-state index contributed by atoms with van der Waals surface area (Å²) in [5, 5.41) is 4.62. The number of halogens is 3. The van der Waals surface area contributed by atoms with E-state index >= 15 is 0 Å². The molecule has 0 fully saturated rings. The Hall–Kier alpha value is -2.48. The van der Waals surface area contributed by atoms with Crippen molar-refractivity contribution in [2.45, 2.75) is 30.2 Å². The number of alkyl halides is 3. The van der Waals surface area contributed by atoms with Crippen molar-refractivity contribution in [1.82, 2.24) is 0 Å². The van der Waals surface area contributed by atoms with Gasteiger partial charge in [0.1, 0.15) is 0 Å². The second kappa shape index (κ2) is 8.27. The fourth-order valence-corrected chi connectivity index (χ4v) is 2.96. The summed E-state index contributed by atoms with van der Waals surface area (Å²) in [5.41, 5.74) is -0.0784. The molecule has 2 rings (SSSR count). The Balaban J connectivity index is 1.98. The third kappa shape index (κ3) is 5.80. The van der Waals surface area contributed by atoms with Crippen molar-refractivity contribution in [3.05, 3.63) is 54.1 Å². The zero-order chi connectivity index (χ0) is 19.3. The number of nitrogens with one attached hydrogen (secondary N) is 2. The van der Waals surface area contributed by atoms with Gasteiger partial charge in [-0.25, -0.2) is 0 Å². The third-order valence-corrected chi connectivity index (χ3v) is 4.43. The van der Waals surface area contributed by atoms with E-state index in [1.54, 1.807) is 31.2 Å². The number of hydrogen-bond acceptors (Lipinski definition) is 3. The summed E-state index contributed by atoms with van der Waals surface area (Å²) in [6.45, 7) is 3.07. The molecule has 0 spiro atoms. The standard InChI is InChI=1S/C18H17F3N2O2S/c1-11(26-16-8-6-14(7-9-16)22-12(2)24)17(25)23-15-5-3-4-13(10-15)18(19,20)21/h3-11H,1-2H3,(H,22,24)(H,23,25)/t11-/m1/s1. The third-order valence-electron chi connectivity index (χ3n) is 3.31. The Morgan fingerprint density at radius 2 is 1.65 bits per heavy atom. The van der Waals surface area contributed by atoms with Crippen LogP contribution in [0.25, 0.3) is 0 Å². The maximum atomic E-state index is 12.7. The second-order valence-corrected chi connectivity index (χ2v) is 6.95. The van der Waals surface area contributed by atoms with Crippen molar-refractivity contribution in [3.63, 3.8) is 0 Å². The van der Waals surface area contributed by atoms with E-state index in [1.807, 2.05) is 0 Å². The summed E-state index contributed by atoms with van der Waals surface area (Å²) in [5.74, 6) is -0.584. The average molecular weight is 382 g/mol. The van der Waals surface area contributed by atoms with Gasteiger partial charge < -0.3 is 10.6 Å². The Labute approximate surface area is 153 Å². The predicted octanol–water partition coefficient (Wildman–Crippen LogP) is 4.78. The van der Waals surface area contributed by atoms with Gasteiger partial charge in [-0.15, -0.1) is 11.8 Å². The Morgan fingerprint density at radius 3 is 2.23 bits per heavy atom. The van der Waals surface area contributed by atoms with Crippen LogP contribution in [0.1, 0.15) is 19.4 Å². The van der Waals surface area contributed by atoms with E-state index in [9.17, 15) is 22.8 Å². The van der Waals surface area contributed by atoms with Crippen LogP contribution in [-0.4, -0.2) is 17.1 Å². The monoisotopic (exact) mass is 382 g/mol. The van der Waals surface area contributed by atoms with Gasteiger partial charge in [0, 0.05) is 23.2 Å². The van der Waals surface area contributed by atoms with Crippen molar-refractivity contribution in [2.75, 3.05) is 10.6 Å². The number of hydrogen-bond donors (Lipinski definition) is 2. The highest BCUT2D eigenvalue weighted by Gasteiger charge is 2.30. The smallest absolute Gasteiger partial charge is 0.326 e. The van der Waals surface area contributed by atoms with Crippen LogP contribution in [-0.2, 0) is 15.8 Å². The van der Waals surface area contributed by atoms with Gasteiger partial charge in [-0.2, -0.15) is 13.2 Å². The van der Waals surface area contributed by atoms with E-state index in [0.29, 0.717) is 5.69 Å². The number of amides is 2. The van der Waals surface area contributed by atoms with Gasteiger partial charge in [0.05, 0.1) is 10.8 Å². The zero-order valence-corrected chi connectivity index (χ0v) is 14.9. The van der Waals surface area contributed by atoms with Gasteiger partial charge >= 0.3 is 6.18 Å². The number of benzene rings is 2. The normalized spacial score (nSPS) is 12.3. The number of anilines is 2. The van der Waals surface area contributed by atoms with Crippen molar-refractivity contribution in [2.24, 2.45) is 0 Å². The first kappa shape index (κ1) is 19.8. The highest BCUT2D eigenvalue weighted by Crippen LogP contribution is 2.31. The Kier molecular flexibility index (Phi) is 6.31. The number of thioether (sulfide) groups is 1. The van der Waals surface area contributed by atoms with Crippen LogP contribution in [0, 0.1) is 0 Å². The van der Waals surface area contributed by atoms with Gasteiger partial charge in [0.15, 0.2) is 0 Å². The molecule has 0 aromatic heterocycles. The van der Waals surface area contributed by atoms with Gasteiger partial charge in [-0.1, -0.05) is 6.07 Å². The van der Waals surface area contributed by atoms with Crippen molar-refractivity contribution in [3.8, 4) is 0 Å². The van der Waals surface area contributed by atoms with E-state index in [4.69, 9.17) is 0 Å². The molecule has 0 bridgehead atoms.